The summed E-state index contributed by atoms with van der Waals surface area (Å²) in [5.74, 6) is 3.25. The Hall–Kier alpha value is -1.27. The maximum absolute atomic E-state index is 5.89. The molecule has 0 aliphatic carbocycles. The summed E-state index contributed by atoms with van der Waals surface area (Å²) in [5, 5.41) is 7.74. The van der Waals surface area contributed by atoms with E-state index in [1.807, 2.05) is 17.8 Å². The highest BCUT2D eigenvalue weighted by Gasteiger charge is 2.05. The first-order chi connectivity index (χ1) is 8.31. The molecule has 0 radical (unpaired) electrons. The second kappa shape index (κ2) is 5.88. The van der Waals surface area contributed by atoms with E-state index in [1.165, 1.54) is 6.33 Å². The molecule has 0 aliphatic heterocycles. The van der Waals surface area contributed by atoms with Crippen LogP contribution in [0, 0.1) is 0 Å². The van der Waals surface area contributed by atoms with Crippen molar-refractivity contribution in [3.05, 3.63) is 30.2 Å². The van der Waals surface area contributed by atoms with E-state index in [-0.39, 0.29) is 0 Å². The van der Waals surface area contributed by atoms with E-state index in [0.717, 1.165) is 23.9 Å². The first kappa shape index (κ1) is 12.2. The van der Waals surface area contributed by atoms with E-state index in [9.17, 15) is 0 Å². The Balaban J connectivity index is 2.02. The Labute approximate surface area is 108 Å². The number of fused-ring (bicyclic) bond motifs is 1. The molecule has 0 amide bonds. The van der Waals surface area contributed by atoms with Crippen LogP contribution >= 0.6 is 23.4 Å². The molecule has 7 heteroatoms. The quantitative estimate of drug-likeness (QED) is 0.494. The van der Waals surface area contributed by atoms with Gasteiger partial charge in [0.05, 0.1) is 0 Å². The summed E-state index contributed by atoms with van der Waals surface area (Å²) in [6.07, 6.45) is 3.35. The maximum Gasteiger partial charge on any atom is 0.255 e. The van der Waals surface area contributed by atoms with Gasteiger partial charge in [-0.3, -0.25) is 0 Å². The fourth-order valence-electron chi connectivity index (χ4n) is 1.33. The van der Waals surface area contributed by atoms with Crippen LogP contribution < -0.4 is 5.32 Å². The van der Waals surface area contributed by atoms with Crippen LogP contribution in [0.1, 0.15) is 0 Å². The number of anilines is 1. The van der Waals surface area contributed by atoms with Gasteiger partial charge in [0, 0.05) is 24.1 Å². The molecule has 2 aromatic rings. The standard InChI is InChI=1S/C10H12ClN5S/c1-2-4-17-5-3-12-9-6-8(11)15-10-13-7-14-16(9)10/h2,6-7,12H,1,3-5H2. The normalized spacial score (nSPS) is 10.6. The molecule has 90 valence electrons. The van der Waals surface area contributed by atoms with Crippen LogP contribution in [0.25, 0.3) is 5.78 Å². The van der Waals surface area contributed by atoms with Crippen LogP contribution in [0.3, 0.4) is 0 Å². The first-order valence-electron chi connectivity index (χ1n) is 5.10. The molecule has 0 bridgehead atoms. The average Bonchev–Trinajstić information content (AvgIpc) is 2.76. The number of aromatic nitrogens is 4. The topological polar surface area (TPSA) is 55.1 Å². The lowest BCUT2D eigenvalue weighted by molar-refractivity contribution is 0.933. The molecule has 0 saturated carbocycles. The smallest absolute Gasteiger partial charge is 0.255 e. The highest BCUT2D eigenvalue weighted by molar-refractivity contribution is 7.99. The molecule has 0 fully saturated rings. The van der Waals surface area contributed by atoms with Gasteiger partial charge in [0.25, 0.3) is 5.78 Å². The predicted molar refractivity (Wildman–Crippen MR) is 71.8 cm³/mol. The zero-order valence-corrected chi connectivity index (χ0v) is 10.7. The van der Waals surface area contributed by atoms with Gasteiger partial charge in [0.15, 0.2) is 0 Å². The summed E-state index contributed by atoms with van der Waals surface area (Å²) in [7, 11) is 0. The molecule has 2 rings (SSSR count). The Bertz CT molecular complexity index is 512. The highest BCUT2D eigenvalue weighted by Crippen LogP contribution is 2.14. The van der Waals surface area contributed by atoms with Crippen molar-refractivity contribution in [2.75, 3.05) is 23.4 Å². The lowest BCUT2D eigenvalue weighted by Gasteiger charge is -2.07. The SMILES string of the molecule is C=CCSCCNc1cc(Cl)nc2ncnn12. The van der Waals surface area contributed by atoms with E-state index < -0.39 is 0 Å². The summed E-state index contributed by atoms with van der Waals surface area (Å²) in [5.41, 5.74) is 0. The monoisotopic (exact) mass is 269 g/mol. The molecule has 2 aromatic heterocycles. The van der Waals surface area contributed by atoms with Crippen LogP contribution in [0.15, 0.2) is 25.0 Å². The van der Waals surface area contributed by atoms with Crippen LogP contribution in [-0.2, 0) is 0 Å². The van der Waals surface area contributed by atoms with Crippen LogP contribution in [0.5, 0.6) is 0 Å². The molecular weight excluding hydrogens is 258 g/mol. The third-order valence-electron chi connectivity index (χ3n) is 2.01. The minimum atomic E-state index is 0.409. The zero-order valence-electron chi connectivity index (χ0n) is 9.14. The fraction of sp³-hybridized carbons (Fsp3) is 0.300. The molecule has 1 N–H and O–H groups in total. The molecule has 0 aromatic carbocycles. The third-order valence-corrected chi connectivity index (χ3v) is 3.17. The number of halogens is 1. The average molecular weight is 270 g/mol. The second-order valence-corrected chi connectivity index (χ2v) is 4.76. The summed E-state index contributed by atoms with van der Waals surface area (Å²) >= 11 is 7.70. The zero-order chi connectivity index (χ0) is 12.1. The Morgan fingerprint density at radius 1 is 1.59 bits per heavy atom. The maximum atomic E-state index is 5.89. The minimum Gasteiger partial charge on any atom is -0.369 e. The lowest BCUT2D eigenvalue weighted by Crippen LogP contribution is -2.09. The number of hydrogen-bond donors (Lipinski definition) is 1. The van der Waals surface area contributed by atoms with Crippen molar-refractivity contribution in [1.82, 2.24) is 19.6 Å². The Kier molecular flexibility index (Phi) is 4.22. The van der Waals surface area contributed by atoms with Crippen molar-refractivity contribution in [3.8, 4) is 0 Å². The van der Waals surface area contributed by atoms with Gasteiger partial charge in [-0.05, 0) is 0 Å². The molecule has 0 aliphatic rings. The van der Waals surface area contributed by atoms with E-state index in [1.54, 1.807) is 10.6 Å². The molecule has 2 heterocycles. The van der Waals surface area contributed by atoms with E-state index in [2.05, 4.69) is 27.0 Å². The van der Waals surface area contributed by atoms with Crippen LogP contribution in [-0.4, -0.2) is 37.6 Å². The van der Waals surface area contributed by atoms with Gasteiger partial charge in [0.2, 0.25) is 0 Å². The second-order valence-electron chi connectivity index (χ2n) is 3.23. The number of nitrogens with zero attached hydrogens (tertiary/aromatic N) is 4. The summed E-state index contributed by atoms with van der Waals surface area (Å²) < 4.78 is 1.63. The van der Waals surface area contributed by atoms with Crippen molar-refractivity contribution >= 4 is 35.0 Å². The molecule has 5 nitrogen and oxygen atoms in total. The number of rotatable bonds is 6. The van der Waals surface area contributed by atoms with Gasteiger partial charge in [-0.25, -0.2) is 0 Å². The van der Waals surface area contributed by atoms with Crippen LogP contribution in [0.4, 0.5) is 5.82 Å². The number of thioether (sulfide) groups is 1. The summed E-state index contributed by atoms with van der Waals surface area (Å²) in [6, 6.07) is 1.74. The molecule has 17 heavy (non-hydrogen) atoms. The van der Waals surface area contributed by atoms with E-state index >= 15 is 0 Å². The Morgan fingerprint density at radius 2 is 2.47 bits per heavy atom. The minimum absolute atomic E-state index is 0.409. The Morgan fingerprint density at radius 3 is 3.29 bits per heavy atom. The molecule has 0 spiro atoms. The lowest BCUT2D eigenvalue weighted by atomic mass is 10.5. The molecular formula is C10H12ClN5S. The van der Waals surface area contributed by atoms with Gasteiger partial charge in [0.1, 0.15) is 17.3 Å². The largest absolute Gasteiger partial charge is 0.369 e. The predicted octanol–water partition coefficient (Wildman–Crippen LogP) is 2.11. The van der Waals surface area contributed by atoms with Crippen molar-refractivity contribution in [1.29, 1.82) is 0 Å². The molecule has 0 atom stereocenters. The number of nitrogens with one attached hydrogen (secondary N) is 1. The highest BCUT2D eigenvalue weighted by atomic mass is 35.5. The van der Waals surface area contributed by atoms with Gasteiger partial charge in [-0.15, -0.1) is 6.58 Å². The van der Waals surface area contributed by atoms with Crippen molar-refractivity contribution in [2.45, 2.75) is 0 Å². The summed E-state index contributed by atoms with van der Waals surface area (Å²) in [4.78, 5) is 8.05. The van der Waals surface area contributed by atoms with Crippen molar-refractivity contribution < 1.29 is 0 Å². The van der Waals surface area contributed by atoms with E-state index in [0.29, 0.717) is 10.9 Å². The van der Waals surface area contributed by atoms with E-state index in [4.69, 9.17) is 11.6 Å². The molecule has 0 saturated heterocycles. The fourth-order valence-corrected chi connectivity index (χ4v) is 2.09. The molecule has 0 unspecified atom stereocenters. The van der Waals surface area contributed by atoms with Gasteiger partial charge in [-0.2, -0.15) is 31.3 Å². The van der Waals surface area contributed by atoms with Crippen molar-refractivity contribution in [2.24, 2.45) is 0 Å². The summed E-state index contributed by atoms with van der Waals surface area (Å²) in [6.45, 7) is 4.50. The number of hydrogen-bond acceptors (Lipinski definition) is 5. The van der Waals surface area contributed by atoms with Crippen molar-refractivity contribution in [3.63, 3.8) is 0 Å². The van der Waals surface area contributed by atoms with Gasteiger partial charge in [-0.1, -0.05) is 17.7 Å². The van der Waals surface area contributed by atoms with Crippen LogP contribution in [0.2, 0.25) is 5.15 Å². The third kappa shape index (κ3) is 3.10. The first-order valence-corrected chi connectivity index (χ1v) is 6.63. The van der Waals surface area contributed by atoms with Gasteiger partial charge < -0.3 is 5.32 Å². The van der Waals surface area contributed by atoms with Gasteiger partial charge >= 0.3 is 0 Å².